The quantitative estimate of drug-likeness (QED) is 0.904. The van der Waals surface area contributed by atoms with Crippen molar-refractivity contribution in [1.29, 1.82) is 0 Å². The molecule has 0 heterocycles. The van der Waals surface area contributed by atoms with E-state index in [-0.39, 0.29) is 24.4 Å². The molecule has 4 heteroatoms. The van der Waals surface area contributed by atoms with E-state index in [0.29, 0.717) is 0 Å². The lowest BCUT2D eigenvalue weighted by Crippen LogP contribution is -2.45. The topological polar surface area (TPSA) is 63.6 Å². The Balaban J connectivity index is 2.31. The van der Waals surface area contributed by atoms with Crippen LogP contribution in [0.5, 0.6) is 0 Å². The molecule has 1 unspecified atom stereocenters. The Morgan fingerprint density at radius 3 is 2.52 bits per heavy atom. The van der Waals surface area contributed by atoms with E-state index in [2.05, 4.69) is 0 Å². The van der Waals surface area contributed by atoms with Crippen LogP contribution < -0.4 is 0 Å². The average molecular weight is 286 g/mol. The summed E-state index contributed by atoms with van der Waals surface area (Å²) in [5.41, 5.74) is 0.328. The van der Waals surface area contributed by atoms with E-state index in [1.54, 1.807) is 0 Å². The maximum absolute atomic E-state index is 12.1. The third kappa shape index (κ3) is 3.11. The summed E-state index contributed by atoms with van der Waals surface area (Å²) in [4.78, 5) is 23.6. The molecule has 1 aromatic rings. The van der Waals surface area contributed by atoms with Gasteiger partial charge in [-0.2, -0.15) is 0 Å². The van der Waals surface area contributed by atoms with Crippen molar-refractivity contribution in [2.75, 3.05) is 0 Å². The Hall–Kier alpha value is -2.20. The van der Waals surface area contributed by atoms with E-state index >= 15 is 0 Å². The Labute approximate surface area is 123 Å². The zero-order valence-electron chi connectivity index (χ0n) is 12.1. The van der Waals surface area contributed by atoms with Gasteiger partial charge in [-0.25, -0.2) is 4.79 Å². The molecule has 1 aliphatic rings. The van der Waals surface area contributed by atoms with Gasteiger partial charge in [0.1, 0.15) is 0 Å². The molecule has 0 aliphatic heterocycles. The zero-order valence-corrected chi connectivity index (χ0v) is 12.1. The molecule has 4 nitrogen and oxygen atoms in total. The summed E-state index contributed by atoms with van der Waals surface area (Å²) in [6.45, 7) is 3.37. The first-order chi connectivity index (χ1) is 9.95. The second-order valence-electron chi connectivity index (χ2n) is 5.17. The molecule has 0 fully saturated rings. The normalized spacial score (nSPS) is 21.4. The Kier molecular flexibility index (Phi) is 4.38. The van der Waals surface area contributed by atoms with Crippen LogP contribution >= 0.6 is 0 Å². The van der Waals surface area contributed by atoms with Crippen LogP contribution in [0.15, 0.2) is 53.6 Å². The molecule has 110 valence electrons. The Morgan fingerprint density at radius 2 is 1.95 bits per heavy atom. The SMILES string of the molecule is CC(=O)C1(OCc2ccccc2)CC=C(C)C=C1C(=O)O. The highest BCUT2D eigenvalue weighted by atomic mass is 16.5. The van der Waals surface area contributed by atoms with Crippen LogP contribution in [0.2, 0.25) is 0 Å². The predicted molar refractivity (Wildman–Crippen MR) is 78.7 cm³/mol. The summed E-state index contributed by atoms with van der Waals surface area (Å²) in [5.74, 6) is -1.42. The molecule has 1 atom stereocenters. The maximum Gasteiger partial charge on any atom is 0.335 e. The maximum atomic E-state index is 12.1. The van der Waals surface area contributed by atoms with E-state index in [9.17, 15) is 14.7 Å². The smallest absolute Gasteiger partial charge is 0.335 e. The third-order valence-electron chi connectivity index (χ3n) is 3.65. The van der Waals surface area contributed by atoms with Crippen LogP contribution in [0, 0.1) is 0 Å². The van der Waals surface area contributed by atoms with Crippen LogP contribution in [0.4, 0.5) is 0 Å². The highest BCUT2D eigenvalue weighted by molar-refractivity contribution is 6.02. The summed E-state index contributed by atoms with van der Waals surface area (Å²) >= 11 is 0. The number of allylic oxidation sites excluding steroid dienone is 2. The molecule has 21 heavy (non-hydrogen) atoms. The third-order valence-corrected chi connectivity index (χ3v) is 3.65. The number of carboxylic acid groups (broad SMARTS) is 1. The number of aliphatic carboxylic acids is 1. The number of carbonyl (C=O) groups is 2. The first-order valence-corrected chi connectivity index (χ1v) is 6.77. The van der Waals surface area contributed by atoms with Gasteiger partial charge in [0.15, 0.2) is 11.4 Å². The van der Waals surface area contributed by atoms with Crippen molar-refractivity contribution in [3.05, 3.63) is 59.2 Å². The summed E-state index contributed by atoms with van der Waals surface area (Å²) in [6, 6.07) is 9.39. The molecule has 0 bridgehead atoms. The molecular weight excluding hydrogens is 268 g/mol. The molecule has 0 saturated heterocycles. The van der Waals surface area contributed by atoms with Gasteiger partial charge in [0.2, 0.25) is 0 Å². The van der Waals surface area contributed by atoms with Crippen molar-refractivity contribution in [2.24, 2.45) is 0 Å². The largest absolute Gasteiger partial charge is 0.478 e. The monoisotopic (exact) mass is 286 g/mol. The predicted octanol–water partition coefficient (Wildman–Crippen LogP) is 2.89. The molecule has 0 amide bonds. The number of hydrogen-bond donors (Lipinski definition) is 1. The van der Waals surface area contributed by atoms with Crippen LogP contribution in [0.3, 0.4) is 0 Å². The van der Waals surface area contributed by atoms with Crippen molar-refractivity contribution in [1.82, 2.24) is 0 Å². The van der Waals surface area contributed by atoms with Gasteiger partial charge in [-0.05, 0) is 25.5 Å². The Morgan fingerprint density at radius 1 is 1.29 bits per heavy atom. The zero-order chi connectivity index (χ0) is 15.5. The standard InChI is InChI=1S/C17H18O4/c1-12-8-9-17(13(2)18,15(10-12)16(19)20)21-11-14-6-4-3-5-7-14/h3-8,10H,9,11H2,1-2H3,(H,19,20). The number of ketones is 1. The molecule has 1 N–H and O–H groups in total. The molecule has 2 rings (SSSR count). The molecular formula is C17H18O4. The van der Waals surface area contributed by atoms with Gasteiger partial charge in [-0.1, -0.05) is 42.0 Å². The van der Waals surface area contributed by atoms with Crippen LogP contribution in [-0.4, -0.2) is 22.5 Å². The summed E-state index contributed by atoms with van der Waals surface area (Å²) in [6.07, 6.45) is 3.59. The van der Waals surface area contributed by atoms with Gasteiger partial charge in [0, 0.05) is 6.42 Å². The molecule has 0 aromatic heterocycles. The first kappa shape index (κ1) is 15.2. The fourth-order valence-electron chi connectivity index (χ4n) is 2.40. The molecule has 1 aliphatic carbocycles. The first-order valence-electron chi connectivity index (χ1n) is 6.77. The second-order valence-corrected chi connectivity index (χ2v) is 5.17. The van der Waals surface area contributed by atoms with Gasteiger partial charge in [-0.3, -0.25) is 4.79 Å². The van der Waals surface area contributed by atoms with Gasteiger partial charge in [0.05, 0.1) is 12.2 Å². The van der Waals surface area contributed by atoms with E-state index in [1.165, 1.54) is 13.0 Å². The van der Waals surface area contributed by atoms with Crippen LogP contribution in [0.1, 0.15) is 25.8 Å². The number of rotatable bonds is 5. The minimum Gasteiger partial charge on any atom is -0.478 e. The number of Topliss-reactive ketones (excluding diaryl/α,β-unsaturated/α-hetero) is 1. The fourth-order valence-corrected chi connectivity index (χ4v) is 2.40. The number of carbonyl (C=O) groups excluding carboxylic acids is 1. The van der Waals surface area contributed by atoms with Crippen LogP contribution in [0.25, 0.3) is 0 Å². The number of ether oxygens (including phenoxy) is 1. The summed E-state index contributed by atoms with van der Waals surface area (Å²) in [5, 5.41) is 9.41. The van der Waals surface area contributed by atoms with Crippen molar-refractivity contribution in [3.63, 3.8) is 0 Å². The fraction of sp³-hybridized carbons (Fsp3) is 0.294. The Bertz CT molecular complexity index is 613. The van der Waals surface area contributed by atoms with E-state index in [0.717, 1.165) is 11.1 Å². The highest BCUT2D eigenvalue weighted by Gasteiger charge is 2.44. The van der Waals surface area contributed by atoms with Gasteiger partial charge >= 0.3 is 5.97 Å². The summed E-state index contributed by atoms with van der Waals surface area (Å²) in [7, 11) is 0. The summed E-state index contributed by atoms with van der Waals surface area (Å²) < 4.78 is 5.80. The minimum absolute atomic E-state index is 0.00549. The minimum atomic E-state index is -1.40. The number of carboxylic acids is 1. The van der Waals surface area contributed by atoms with Crippen molar-refractivity contribution < 1.29 is 19.4 Å². The van der Waals surface area contributed by atoms with Gasteiger partial charge in [0.25, 0.3) is 0 Å². The van der Waals surface area contributed by atoms with E-state index < -0.39 is 11.6 Å². The van der Waals surface area contributed by atoms with E-state index in [4.69, 9.17) is 4.74 Å². The van der Waals surface area contributed by atoms with Crippen LogP contribution in [-0.2, 0) is 20.9 Å². The molecule has 0 spiro atoms. The second kappa shape index (κ2) is 6.06. The molecule has 1 aromatic carbocycles. The highest BCUT2D eigenvalue weighted by Crippen LogP contribution is 2.34. The van der Waals surface area contributed by atoms with Gasteiger partial charge in [-0.15, -0.1) is 0 Å². The lowest BCUT2D eigenvalue weighted by molar-refractivity contribution is -0.147. The van der Waals surface area contributed by atoms with Gasteiger partial charge < -0.3 is 9.84 Å². The van der Waals surface area contributed by atoms with Crippen molar-refractivity contribution >= 4 is 11.8 Å². The molecule has 0 radical (unpaired) electrons. The average Bonchev–Trinajstić information content (AvgIpc) is 2.47. The number of benzene rings is 1. The lowest BCUT2D eigenvalue weighted by Gasteiger charge is -2.33. The van der Waals surface area contributed by atoms with Crippen molar-refractivity contribution in [2.45, 2.75) is 32.5 Å². The number of hydrogen-bond acceptors (Lipinski definition) is 3. The molecule has 0 saturated carbocycles. The van der Waals surface area contributed by atoms with Crippen molar-refractivity contribution in [3.8, 4) is 0 Å². The lowest BCUT2D eigenvalue weighted by atomic mass is 9.81. The van der Waals surface area contributed by atoms with E-state index in [1.807, 2.05) is 43.3 Å².